The number of hydrogen-bond acceptors (Lipinski definition) is 8. The van der Waals surface area contributed by atoms with Gasteiger partial charge >= 0.3 is 19.8 Å². The van der Waals surface area contributed by atoms with Gasteiger partial charge in [0.15, 0.2) is 6.04 Å². The summed E-state index contributed by atoms with van der Waals surface area (Å²) < 4.78 is 26.3. The molecule has 48 heavy (non-hydrogen) atoms. The SMILES string of the molecule is CCCCCCCC/C=C/CCCCCCCCCCCCCCCC(=O)OCC(O)COP(=O)(O)OCC(NC(=O)CCC)C(=O)O. The number of unbranched alkanes of at least 4 members (excludes halogenated alkanes) is 19. The van der Waals surface area contributed by atoms with Crippen molar-refractivity contribution >= 4 is 25.7 Å². The molecule has 0 heterocycles. The smallest absolute Gasteiger partial charge is 0.472 e. The molecule has 282 valence electrons. The Morgan fingerprint density at radius 3 is 1.58 bits per heavy atom. The number of amides is 1. The third-order valence-corrected chi connectivity index (χ3v) is 8.97. The molecule has 0 aliphatic heterocycles. The van der Waals surface area contributed by atoms with Gasteiger partial charge in [0.2, 0.25) is 5.91 Å². The van der Waals surface area contributed by atoms with E-state index in [0.29, 0.717) is 12.8 Å². The molecule has 0 aliphatic carbocycles. The fraction of sp³-hybridized carbons (Fsp3) is 0.861. The minimum Gasteiger partial charge on any atom is -0.480 e. The maximum Gasteiger partial charge on any atom is 0.472 e. The summed E-state index contributed by atoms with van der Waals surface area (Å²) in [5.41, 5.74) is 0. The molecule has 0 aliphatic rings. The Kier molecular flexibility index (Phi) is 31.2. The zero-order chi connectivity index (χ0) is 35.7. The molecule has 11 nitrogen and oxygen atoms in total. The third kappa shape index (κ3) is 31.5. The van der Waals surface area contributed by atoms with Crippen LogP contribution in [0.15, 0.2) is 12.2 Å². The summed E-state index contributed by atoms with van der Waals surface area (Å²) in [5, 5.41) is 21.2. The molecule has 0 aromatic heterocycles. The molecule has 4 N–H and O–H groups in total. The van der Waals surface area contributed by atoms with Gasteiger partial charge in [0.1, 0.15) is 12.7 Å². The van der Waals surface area contributed by atoms with Crippen molar-refractivity contribution in [3.8, 4) is 0 Å². The Morgan fingerprint density at radius 2 is 1.10 bits per heavy atom. The van der Waals surface area contributed by atoms with E-state index in [-0.39, 0.29) is 12.8 Å². The Morgan fingerprint density at radius 1 is 0.646 bits per heavy atom. The molecule has 0 saturated carbocycles. The van der Waals surface area contributed by atoms with E-state index in [0.717, 1.165) is 19.3 Å². The Labute approximate surface area is 290 Å². The molecule has 12 heteroatoms. The lowest BCUT2D eigenvalue weighted by Gasteiger charge is -2.18. The summed E-state index contributed by atoms with van der Waals surface area (Å²) >= 11 is 0. The quantitative estimate of drug-likeness (QED) is 0.0217. The zero-order valence-electron chi connectivity index (χ0n) is 30.0. The molecule has 3 unspecified atom stereocenters. The minimum atomic E-state index is -4.72. The minimum absolute atomic E-state index is 0.0977. The first-order valence-corrected chi connectivity index (χ1v) is 20.2. The summed E-state index contributed by atoms with van der Waals surface area (Å²) in [6.07, 6.45) is 30.5. The lowest BCUT2D eigenvalue weighted by Crippen LogP contribution is -2.43. The molecule has 3 atom stereocenters. The van der Waals surface area contributed by atoms with Crippen molar-refractivity contribution in [2.75, 3.05) is 19.8 Å². The summed E-state index contributed by atoms with van der Waals surface area (Å²) in [6, 6.07) is -1.54. The predicted octanol–water partition coefficient (Wildman–Crippen LogP) is 8.55. The molecule has 0 bridgehead atoms. The van der Waals surface area contributed by atoms with Gasteiger partial charge in [0, 0.05) is 12.8 Å². The molecule has 0 fully saturated rings. The van der Waals surface area contributed by atoms with E-state index >= 15 is 0 Å². The Balaban J connectivity index is 3.63. The molecule has 0 aromatic rings. The van der Waals surface area contributed by atoms with Gasteiger partial charge in [0.05, 0.1) is 13.2 Å². The third-order valence-electron chi connectivity index (χ3n) is 8.02. The first-order chi connectivity index (χ1) is 23.1. The van der Waals surface area contributed by atoms with E-state index in [4.69, 9.17) is 9.84 Å². The highest BCUT2D eigenvalue weighted by molar-refractivity contribution is 7.47. The molecule has 0 aromatic carbocycles. The van der Waals surface area contributed by atoms with Crippen molar-refractivity contribution in [1.29, 1.82) is 0 Å². The number of aliphatic hydroxyl groups is 1. The summed E-state index contributed by atoms with van der Waals surface area (Å²) in [7, 11) is -4.72. The van der Waals surface area contributed by atoms with Crippen LogP contribution < -0.4 is 5.32 Å². The number of aliphatic hydroxyl groups excluding tert-OH is 1. The van der Waals surface area contributed by atoms with Gasteiger partial charge in [-0.25, -0.2) is 9.36 Å². The Hall–Kier alpha value is -1.78. The van der Waals surface area contributed by atoms with Crippen LogP contribution in [0.1, 0.15) is 168 Å². The average Bonchev–Trinajstić information content (AvgIpc) is 3.05. The predicted molar refractivity (Wildman–Crippen MR) is 190 cm³/mol. The highest BCUT2D eigenvalue weighted by Gasteiger charge is 2.28. The van der Waals surface area contributed by atoms with E-state index in [9.17, 15) is 28.9 Å². The van der Waals surface area contributed by atoms with Crippen LogP contribution in [0.5, 0.6) is 0 Å². The molecule has 0 saturated heterocycles. The molecular formula is C36H68NO10P. The van der Waals surface area contributed by atoms with Gasteiger partial charge in [0.25, 0.3) is 0 Å². The van der Waals surface area contributed by atoms with Crippen LogP contribution >= 0.6 is 7.82 Å². The van der Waals surface area contributed by atoms with Crippen LogP contribution in [0, 0.1) is 0 Å². The number of rotatable bonds is 35. The fourth-order valence-electron chi connectivity index (χ4n) is 5.12. The number of phosphoric acid groups is 1. The van der Waals surface area contributed by atoms with Crippen LogP contribution in [0.4, 0.5) is 0 Å². The number of allylic oxidation sites excluding steroid dienone is 2. The van der Waals surface area contributed by atoms with Gasteiger partial charge in [-0.1, -0.05) is 129 Å². The van der Waals surface area contributed by atoms with Crippen molar-refractivity contribution < 1.29 is 47.8 Å². The van der Waals surface area contributed by atoms with Crippen molar-refractivity contribution in [2.45, 2.75) is 180 Å². The second-order valence-corrected chi connectivity index (χ2v) is 14.2. The second-order valence-electron chi connectivity index (χ2n) is 12.8. The first-order valence-electron chi connectivity index (χ1n) is 18.7. The number of ether oxygens (including phenoxy) is 1. The lowest BCUT2D eigenvalue weighted by molar-refractivity contribution is -0.147. The average molecular weight is 706 g/mol. The van der Waals surface area contributed by atoms with Crippen molar-refractivity contribution in [3.63, 3.8) is 0 Å². The fourth-order valence-corrected chi connectivity index (χ4v) is 5.89. The first kappa shape index (κ1) is 46.2. The summed E-state index contributed by atoms with van der Waals surface area (Å²) in [5.74, 6) is -2.44. The van der Waals surface area contributed by atoms with Crippen molar-refractivity contribution in [2.24, 2.45) is 0 Å². The van der Waals surface area contributed by atoms with E-state index in [1.165, 1.54) is 109 Å². The standard InChI is InChI=1S/C36H68NO10P/c1-3-5-6-7-8-9-10-11-12-13-14-15-16-17-18-19-20-21-22-23-24-25-26-28-35(40)45-29-32(38)30-46-48(43,44)47-31-33(36(41)42)37-34(39)27-4-2/h11-12,32-33,38H,3-10,13-31H2,1-2H3,(H,37,39)(H,41,42)(H,43,44)/b12-11+. The van der Waals surface area contributed by atoms with E-state index in [1.807, 2.05) is 0 Å². The number of hydrogen-bond donors (Lipinski definition) is 4. The largest absolute Gasteiger partial charge is 0.480 e. The number of carboxylic acid groups (broad SMARTS) is 1. The Bertz CT molecular complexity index is 885. The van der Waals surface area contributed by atoms with Crippen LogP contribution in [-0.4, -0.2) is 64.9 Å². The van der Waals surface area contributed by atoms with E-state index < -0.39 is 57.6 Å². The van der Waals surface area contributed by atoms with Crippen molar-refractivity contribution in [1.82, 2.24) is 5.32 Å². The van der Waals surface area contributed by atoms with Crippen LogP contribution in [0.2, 0.25) is 0 Å². The summed E-state index contributed by atoms with van der Waals surface area (Å²) in [4.78, 5) is 44.5. The van der Waals surface area contributed by atoms with E-state index in [1.54, 1.807) is 6.92 Å². The monoisotopic (exact) mass is 705 g/mol. The van der Waals surface area contributed by atoms with Gasteiger partial charge < -0.3 is 25.2 Å². The molecule has 1 amide bonds. The number of carboxylic acids is 1. The molecular weight excluding hydrogens is 637 g/mol. The van der Waals surface area contributed by atoms with Gasteiger partial charge in [-0.15, -0.1) is 0 Å². The number of nitrogens with one attached hydrogen (secondary N) is 1. The second kappa shape index (κ2) is 32.4. The number of carbonyl (C=O) groups is 3. The van der Waals surface area contributed by atoms with Crippen molar-refractivity contribution in [3.05, 3.63) is 12.2 Å². The number of aliphatic carboxylic acids is 1. The van der Waals surface area contributed by atoms with Crippen LogP contribution in [0.25, 0.3) is 0 Å². The maximum absolute atomic E-state index is 12.0. The van der Waals surface area contributed by atoms with Gasteiger partial charge in [-0.3, -0.25) is 18.6 Å². The normalized spacial score (nSPS) is 14.1. The topological polar surface area (TPSA) is 169 Å². The molecule has 0 spiro atoms. The summed E-state index contributed by atoms with van der Waals surface area (Å²) in [6.45, 7) is 2.12. The molecule has 0 radical (unpaired) electrons. The highest BCUT2D eigenvalue weighted by atomic mass is 31.2. The lowest BCUT2D eigenvalue weighted by atomic mass is 10.0. The van der Waals surface area contributed by atoms with Gasteiger partial charge in [-0.2, -0.15) is 0 Å². The zero-order valence-corrected chi connectivity index (χ0v) is 30.9. The number of phosphoric ester groups is 1. The number of esters is 1. The van der Waals surface area contributed by atoms with Gasteiger partial charge in [-0.05, 0) is 38.5 Å². The van der Waals surface area contributed by atoms with E-state index in [2.05, 4.69) is 33.4 Å². The highest BCUT2D eigenvalue weighted by Crippen LogP contribution is 2.43. The van der Waals surface area contributed by atoms with Crippen LogP contribution in [0.3, 0.4) is 0 Å². The number of carbonyl (C=O) groups excluding carboxylic acids is 2. The van der Waals surface area contributed by atoms with Crippen LogP contribution in [-0.2, 0) is 32.7 Å². The molecule has 0 rings (SSSR count). The maximum atomic E-state index is 12.0.